The molecule has 0 radical (unpaired) electrons. The summed E-state index contributed by atoms with van der Waals surface area (Å²) in [5.74, 6) is 0.0789. The molecule has 0 saturated carbocycles. The van der Waals surface area contributed by atoms with Gasteiger partial charge in [0.1, 0.15) is 5.75 Å². The second kappa shape index (κ2) is 7.92. The average Bonchev–Trinajstić information content (AvgIpc) is 3.38. The Morgan fingerprint density at radius 2 is 1.71 bits per heavy atom. The second-order valence-electron chi connectivity index (χ2n) is 7.28. The van der Waals surface area contributed by atoms with Crippen LogP contribution in [0, 0.1) is 5.92 Å². The highest BCUT2D eigenvalue weighted by molar-refractivity contribution is 6.05. The molecule has 4 rings (SSSR count). The first-order chi connectivity index (χ1) is 13.7. The third kappa shape index (κ3) is 3.54. The Labute approximate surface area is 165 Å². The summed E-state index contributed by atoms with van der Waals surface area (Å²) in [6.45, 7) is 2.38. The maximum absolute atomic E-state index is 12.9. The fraction of sp³-hybridized carbons (Fsp3) is 0.364. The van der Waals surface area contributed by atoms with Crippen LogP contribution in [0.15, 0.2) is 48.5 Å². The molecule has 0 spiro atoms. The van der Waals surface area contributed by atoms with Crippen LogP contribution in [0.25, 0.3) is 0 Å². The van der Waals surface area contributed by atoms with Crippen molar-refractivity contribution < 1.29 is 14.3 Å². The molecule has 0 aromatic heterocycles. The molecule has 2 heterocycles. The van der Waals surface area contributed by atoms with E-state index in [0.29, 0.717) is 18.0 Å². The van der Waals surface area contributed by atoms with Gasteiger partial charge in [0.2, 0.25) is 11.8 Å². The lowest BCUT2D eigenvalue weighted by atomic mass is 10.1. The number of para-hydroxylation sites is 4. The number of hydrogen-bond acceptors (Lipinski definition) is 4. The van der Waals surface area contributed by atoms with Crippen molar-refractivity contribution in [2.75, 3.05) is 41.9 Å². The Morgan fingerprint density at radius 3 is 2.46 bits per heavy atom. The summed E-state index contributed by atoms with van der Waals surface area (Å²) in [7, 11) is 1.58. The lowest BCUT2D eigenvalue weighted by molar-refractivity contribution is -0.122. The summed E-state index contributed by atoms with van der Waals surface area (Å²) in [5.41, 5.74) is 2.58. The molecule has 0 bridgehead atoms. The first-order valence-corrected chi connectivity index (χ1v) is 9.75. The minimum Gasteiger partial charge on any atom is -0.495 e. The van der Waals surface area contributed by atoms with Crippen LogP contribution in [0.1, 0.15) is 19.3 Å². The van der Waals surface area contributed by atoms with Crippen LogP contribution in [0.2, 0.25) is 0 Å². The van der Waals surface area contributed by atoms with Crippen molar-refractivity contribution >= 4 is 28.9 Å². The molecular formula is C22H25N3O3. The largest absolute Gasteiger partial charge is 0.495 e. The first kappa shape index (κ1) is 18.3. The van der Waals surface area contributed by atoms with Gasteiger partial charge in [0.15, 0.2) is 0 Å². The molecule has 1 N–H and O–H groups in total. The average molecular weight is 379 g/mol. The van der Waals surface area contributed by atoms with Gasteiger partial charge in [-0.1, -0.05) is 24.3 Å². The summed E-state index contributed by atoms with van der Waals surface area (Å²) >= 11 is 0. The van der Waals surface area contributed by atoms with Gasteiger partial charge in [-0.05, 0) is 37.1 Å². The number of amides is 2. The van der Waals surface area contributed by atoms with E-state index in [1.165, 1.54) is 12.8 Å². The molecule has 1 atom stereocenters. The van der Waals surface area contributed by atoms with Crippen LogP contribution >= 0.6 is 0 Å². The zero-order chi connectivity index (χ0) is 19.5. The zero-order valence-corrected chi connectivity index (χ0v) is 16.1. The predicted molar refractivity (Wildman–Crippen MR) is 110 cm³/mol. The molecule has 0 aliphatic carbocycles. The van der Waals surface area contributed by atoms with Crippen molar-refractivity contribution in [2.24, 2.45) is 5.92 Å². The highest BCUT2D eigenvalue weighted by Gasteiger charge is 2.36. The number of carbonyl (C=O) groups excluding carboxylic acids is 2. The van der Waals surface area contributed by atoms with E-state index >= 15 is 0 Å². The third-order valence-electron chi connectivity index (χ3n) is 5.48. The van der Waals surface area contributed by atoms with Crippen LogP contribution in [0.5, 0.6) is 5.75 Å². The van der Waals surface area contributed by atoms with Crippen molar-refractivity contribution in [3.63, 3.8) is 0 Å². The van der Waals surface area contributed by atoms with E-state index in [4.69, 9.17) is 4.74 Å². The molecule has 28 heavy (non-hydrogen) atoms. The molecular weight excluding hydrogens is 354 g/mol. The molecule has 2 aromatic rings. The van der Waals surface area contributed by atoms with Crippen LogP contribution in [-0.2, 0) is 9.59 Å². The molecule has 2 amide bonds. The summed E-state index contributed by atoms with van der Waals surface area (Å²) in [4.78, 5) is 29.4. The molecule has 6 nitrogen and oxygen atoms in total. The van der Waals surface area contributed by atoms with Crippen molar-refractivity contribution in [3.8, 4) is 5.75 Å². The van der Waals surface area contributed by atoms with E-state index in [0.717, 1.165) is 24.5 Å². The number of benzene rings is 2. The van der Waals surface area contributed by atoms with Crippen molar-refractivity contribution in [2.45, 2.75) is 19.3 Å². The molecule has 2 aliphatic heterocycles. The molecule has 2 aliphatic rings. The number of methoxy groups -OCH3 is 1. The summed E-state index contributed by atoms with van der Waals surface area (Å²) < 4.78 is 5.37. The molecule has 2 saturated heterocycles. The Kier molecular flexibility index (Phi) is 5.19. The molecule has 2 aromatic carbocycles. The zero-order valence-electron chi connectivity index (χ0n) is 16.1. The maximum atomic E-state index is 12.9. The van der Waals surface area contributed by atoms with E-state index in [9.17, 15) is 9.59 Å². The fourth-order valence-corrected chi connectivity index (χ4v) is 4.02. The third-order valence-corrected chi connectivity index (χ3v) is 5.48. The van der Waals surface area contributed by atoms with Crippen LogP contribution in [-0.4, -0.2) is 38.6 Å². The Bertz CT molecular complexity index is 877. The van der Waals surface area contributed by atoms with Crippen molar-refractivity contribution in [3.05, 3.63) is 48.5 Å². The number of ether oxygens (including phenoxy) is 1. The van der Waals surface area contributed by atoms with Crippen LogP contribution < -0.4 is 19.9 Å². The lowest BCUT2D eigenvalue weighted by Gasteiger charge is -2.22. The molecule has 0 unspecified atom stereocenters. The maximum Gasteiger partial charge on any atom is 0.229 e. The van der Waals surface area contributed by atoms with Gasteiger partial charge in [0.05, 0.1) is 30.1 Å². The van der Waals surface area contributed by atoms with Gasteiger partial charge >= 0.3 is 0 Å². The van der Waals surface area contributed by atoms with Crippen LogP contribution in [0.3, 0.4) is 0 Å². The van der Waals surface area contributed by atoms with Crippen molar-refractivity contribution in [1.29, 1.82) is 0 Å². The second-order valence-corrected chi connectivity index (χ2v) is 7.28. The van der Waals surface area contributed by atoms with Gasteiger partial charge in [0, 0.05) is 26.1 Å². The summed E-state index contributed by atoms with van der Waals surface area (Å²) in [6, 6.07) is 15.3. The molecule has 6 heteroatoms. The number of nitrogens with one attached hydrogen (secondary N) is 1. The summed E-state index contributed by atoms with van der Waals surface area (Å²) in [6.07, 6.45) is 2.55. The van der Waals surface area contributed by atoms with Gasteiger partial charge < -0.3 is 19.9 Å². The number of nitrogens with zero attached hydrogens (tertiary/aromatic N) is 2. The highest BCUT2D eigenvalue weighted by atomic mass is 16.5. The standard InChI is InChI=1S/C22H25N3O3/c1-28-20-11-5-4-10-19(20)25-15-16(14-21(25)26)22(27)23-17-8-2-3-9-18(17)24-12-6-7-13-24/h2-5,8-11,16H,6-7,12-15H2,1H3,(H,23,27)/t16-/m0/s1. The summed E-state index contributed by atoms with van der Waals surface area (Å²) in [5, 5.41) is 3.06. The lowest BCUT2D eigenvalue weighted by Crippen LogP contribution is -2.29. The SMILES string of the molecule is COc1ccccc1N1C[C@@H](C(=O)Nc2ccccc2N2CCCC2)CC1=O. The van der Waals surface area contributed by atoms with Crippen molar-refractivity contribution in [1.82, 2.24) is 0 Å². The number of rotatable bonds is 5. The van der Waals surface area contributed by atoms with E-state index < -0.39 is 0 Å². The topological polar surface area (TPSA) is 61.9 Å². The number of carbonyl (C=O) groups is 2. The minimum atomic E-state index is -0.385. The molecule has 146 valence electrons. The van der Waals surface area contributed by atoms with E-state index in [1.807, 2.05) is 48.5 Å². The van der Waals surface area contributed by atoms with Gasteiger partial charge in [-0.3, -0.25) is 9.59 Å². The Balaban J connectivity index is 1.49. The fourth-order valence-electron chi connectivity index (χ4n) is 4.02. The van der Waals surface area contributed by atoms with E-state index in [1.54, 1.807) is 12.0 Å². The Morgan fingerprint density at radius 1 is 1.04 bits per heavy atom. The van der Waals surface area contributed by atoms with Gasteiger partial charge in [-0.25, -0.2) is 0 Å². The van der Waals surface area contributed by atoms with E-state index in [2.05, 4.69) is 10.2 Å². The quantitative estimate of drug-likeness (QED) is 0.866. The monoisotopic (exact) mass is 379 g/mol. The number of hydrogen-bond donors (Lipinski definition) is 1. The highest BCUT2D eigenvalue weighted by Crippen LogP contribution is 2.34. The minimum absolute atomic E-state index is 0.0579. The molecule has 2 fully saturated rings. The van der Waals surface area contributed by atoms with E-state index in [-0.39, 0.29) is 24.2 Å². The number of anilines is 3. The van der Waals surface area contributed by atoms with Gasteiger partial charge in [-0.15, -0.1) is 0 Å². The first-order valence-electron chi connectivity index (χ1n) is 9.75. The predicted octanol–water partition coefficient (Wildman–Crippen LogP) is 3.29. The smallest absolute Gasteiger partial charge is 0.229 e. The van der Waals surface area contributed by atoms with Crippen LogP contribution in [0.4, 0.5) is 17.1 Å². The van der Waals surface area contributed by atoms with Gasteiger partial charge in [-0.2, -0.15) is 0 Å². The van der Waals surface area contributed by atoms with Gasteiger partial charge in [0.25, 0.3) is 0 Å². The normalized spacial score (nSPS) is 19.2. The Hall–Kier alpha value is -3.02.